The first kappa shape index (κ1) is 10.6. The zero-order valence-electron chi connectivity index (χ0n) is 9.06. The average molecular weight is 291 g/mol. The second-order valence-electron chi connectivity index (χ2n) is 3.94. The van der Waals surface area contributed by atoms with Crippen molar-refractivity contribution in [2.24, 2.45) is 0 Å². The van der Waals surface area contributed by atoms with Gasteiger partial charge in [0, 0.05) is 16.2 Å². The zero-order chi connectivity index (χ0) is 11.7. The van der Waals surface area contributed by atoms with Crippen LogP contribution in [-0.2, 0) is 0 Å². The van der Waals surface area contributed by atoms with Gasteiger partial charge in [-0.1, -0.05) is 18.2 Å². The highest BCUT2D eigenvalue weighted by Crippen LogP contribution is 2.34. The van der Waals surface area contributed by atoms with E-state index >= 15 is 0 Å². The number of hydrogen-bond donors (Lipinski definition) is 1. The number of fused-ring (bicyclic) bond motifs is 1. The van der Waals surface area contributed by atoms with E-state index in [2.05, 4.69) is 32.3 Å². The molecule has 1 N–H and O–H groups in total. The molecule has 86 valence electrons. The van der Waals surface area contributed by atoms with Crippen LogP contribution >= 0.6 is 15.9 Å². The summed E-state index contributed by atoms with van der Waals surface area (Å²) in [5.41, 5.74) is 2.19. The maximum absolute atomic E-state index is 5.62. The van der Waals surface area contributed by atoms with Gasteiger partial charge in [0.05, 0.1) is 17.9 Å². The highest BCUT2D eigenvalue weighted by molar-refractivity contribution is 9.10. The maximum atomic E-state index is 5.62. The first-order valence-electron chi connectivity index (χ1n) is 5.42. The van der Waals surface area contributed by atoms with E-state index in [1.165, 1.54) is 5.56 Å². The van der Waals surface area contributed by atoms with Gasteiger partial charge in [-0.3, -0.25) is 4.98 Å². The first-order chi connectivity index (χ1) is 8.33. The molecular formula is C13H11BrN2O. The van der Waals surface area contributed by atoms with Crippen molar-refractivity contribution in [2.75, 3.05) is 11.9 Å². The number of halogens is 1. The van der Waals surface area contributed by atoms with Crippen molar-refractivity contribution in [1.82, 2.24) is 4.98 Å². The Morgan fingerprint density at radius 1 is 1.29 bits per heavy atom. The molecule has 3 nitrogen and oxygen atoms in total. The van der Waals surface area contributed by atoms with Gasteiger partial charge in [0.1, 0.15) is 12.4 Å². The largest absolute Gasteiger partial charge is 0.491 e. The number of anilines is 1. The lowest BCUT2D eigenvalue weighted by atomic mass is 10.1. The van der Waals surface area contributed by atoms with Gasteiger partial charge in [0.2, 0.25) is 0 Å². The maximum Gasteiger partial charge on any atom is 0.124 e. The molecule has 0 bridgehead atoms. The number of benzene rings is 1. The molecule has 0 saturated carbocycles. The number of nitrogens with one attached hydrogen (secondary N) is 1. The number of nitrogens with zero attached hydrogens (tertiary/aromatic N) is 1. The highest BCUT2D eigenvalue weighted by atomic mass is 79.9. The van der Waals surface area contributed by atoms with E-state index in [9.17, 15) is 0 Å². The van der Waals surface area contributed by atoms with Crippen molar-refractivity contribution in [3.05, 3.63) is 52.8 Å². The van der Waals surface area contributed by atoms with Crippen LogP contribution in [0.2, 0.25) is 0 Å². The lowest BCUT2D eigenvalue weighted by molar-refractivity contribution is 0.340. The molecule has 1 aromatic heterocycles. The third kappa shape index (κ3) is 2.13. The van der Waals surface area contributed by atoms with E-state index in [4.69, 9.17) is 4.74 Å². The lowest BCUT2D eigenvalue weighted by Crippen LogP contribution is -2.11. The molecule has 1 atom stereocenters. The molecule has 2 aromatic rings. The monoisotopic (exact) mass is 290 g/mol. The van der Waals surface area contributed by atoms with Crippen molar-refractivity contribution >= 4 is 21.6 Å². The minimum Gasteiger partial charge on any atom is -0.491 e. The van der Waals surface area contributed by atoms with Gasteiger partial charge in [0.25, 0.3) is 0 Å². The van der Waals surface area contributed by atoms with E-state index < -0.39 is 0 Å². The van der Waals surface area contributed by atoms with E-state index in [0.29, 0.717) is 6.61 Å². The predicted octanol–water partition coefficient (Wildman–Crippen LogP) is 3.39. The summed E-state index contributed by atoms with van der Waals surface area (Å²) in [6.45, 7) is 0.659. The molecule has 0 fully saturated rings. The Labute approximate surface area is 108 Å². The topological polar surface area (TPSA) is 34.2 Å². The van der Waals surface area contributed by atoms with Crippen LogP contribution in [0.4, 0.5) is 5.69 Å². The smallest absolute Gasteiger partial charge is 0.124 e. The molecule has 3 rings (SSSR count). The summed E-state index contributed by atoms with van der Waals surface area (Å²) in [6, 6.07) is 10.3. The molecule has 1 aliphatic heterocycles. The van der Waals surface area contributed by atoms with Gasteiger partial charge >= 0.3 is 0 Å². The fraction of sp³-hybridized carbons (Fsp3) is 0.154. The van der Waals surface area contributed by atoms with Crippen LogP contribution in [0.1, 0.15) is 11.6 Å². The number of para-hydroxylation sites is 1. The summed E-state index contributed by atoms with van der Waals surface area (Å²) in [5, 5.41) is 3.42. The summed E-state index contributed by atoms with van der Waals surface area (Å²) < 4.78 is 6.59. The van der Waals surface area contributed by atoms with Crippen LogP contribution in [-0.4, -0.2) is 11.6 Å². The Morgan fingerprint density at radius 3 is 3.06 bits per heavy atom. The van der Waals surface area contributed by atoms with E-state index in [0.717, 1.165) is 15.9 Å². The van der Waals surface area contributed by atoms with Crippen LogP contribution in [0.5, 0.6) is 5.75 Å². The number of rotatable bonds is 2. The Balaban J connectivity index is 1.84. The minimum atomic E-state index is 0.197. The minimum absolute atomic E-state index is 0.197. The lowest BCUT2D eigenvalue weighted by Gasteiger charge is -2.12. The second kappa shape index (κ2) is 4.37. The highest BCUT2D eigenvalue weighted by Gasteiger charge is 2.23. The van der Waals surface area contributed by atoms with Gasteiger partial charge in [-0.2, -0.15) is 0 Å². The van der Waals surface area contributed by atoms with Crippen molar-refractivity contribution in [2.45, 2.75) is 6.04 Å². The van der Waals surface area contributed by atoms with Gasteiger partial charge in [0.15, 0.2) is 0 Å². The molecule has 0 aliphatic carbocycles. The van der Waals surface area contributed by atoms with Gasteiger partial charge in [-0.15, -0.1) is 0 Å². The van der Waals surface area contributed by atoms with Crippen molar-refractivity contribution in [3.63, 3.8) is 0 Å². The van der Waals surface area contributed by atoms with E-state index in [1.807, 2.05) is 30.5 Å². The standard InChI is InChI=1S/C13H11BrN2O/c14-9-5-10(7-15-6-9)16-12-8-17-13-4-2-1-3-11(12)13/h1-7,12,16H,8H2. The molecule has 1 aromatic carbocycles. The molecule has 0 spiro atoms. The quantitative estimate of drug-likeness (QED) is 0.921. The van der Waals surface area contributed by atoms with Crippen LogP contribution in [0.3, 0.4) is 0 Å². The molecule has 17 heavy (non-hydrogen) atoms. The predicted molar refractivity (Wildman–Crippen MR) is 70.2 cm³/mol. The molecule has 0 radical (unpaired) electrons. The average Bonchev–Trinajstić information content (AvgIpc) is 2.73. The molecule has 0 saturated heterocycles. The summed E-state index contributed by atoms with van der Waals surface area (Å²) in [7, 11) is 0. The third-order valence-corrected chi connectivity index (χ3v) is 3.18. The molecule has 0 amide bonds. The third-order valence-electron chi connectivity index (χ3n) is 2.75. The molecule has 2 heterocycles. The zero-order valence-corrected chi connectivity index (χ0v) is 10.6. The summed E-state index contributed by atoms with van der Waals surface area (Å²) in [6.07, 6.45) is 3.58. The van der Waals surface area contributed by atoms with Crippen LogP contribution in [0, 0.1) is 0 Å². The molecule has 4 heteroatoms. The van der Waals surface area contributed by atoms with E-state index in [1.54, 1.807) is 6.20 Å². The summed E-state index contributed by atoms with van der Waals surface area (Å²) >= 11 is 3.41. The molecule has 1 aliphatic rings. The summed E-state index contributed by atoms with van der Waals surface area (Å²) in [5.74, 6) is 0.966. The van der Waals surface area contributed by atoms with Gasteiger partial charge in [-0.25, -0.2) is 0 Å². The van der Waals surface area contributed by atoms with Crippen LogP contribution < -0.4 is 10.1 Å². The van der Waals surface area contributed by atoms with Crippen LogP contribution in [0.15, 0.2) is 47.2 Å². The number of aromatic nitrogens is 1. The SMILES string of the molecule is Brc1cncc(NC2COc3ccccc32)c1. The molecular weight excluding hydrogens is 280 g/mol. The Bertz CT molecular complexity index is 544. The number of ether oxygens (including phenoxy) is 1. The fourth-order valence-corrected chi connectivity index (χ4v) is 2.34. The number of pyridine rings is 1. The normalized spacial score (nSPS) is 17.4. The Hall–Kier alpha value is -1.55. The number of hydrogen-bond acceptors (Lipinski definition) is 3. The fourth-order valence-electron chi connectivity index (χ4n) is 1.97. The first-order valence-corrected chi connectivity index (χ1v) is 6.21. The van der Waals surface area contributed by atoms with Crippen molar-refractivity contribution < 1.29 is 4.74 Å². The van der Waals surface area contributed by atoms with E-state index in [-0.39, 0.29) is 6.04 Å². The van der Waals surface area contributed by atoms with Crippen LogP contribution in [0.25, 0.3) is 0 Å². The second-order valence-corrected chi connectivity index (χ2v) is 4.85. The Morgan fingerprint density at radius 2 is 2.18 bits per heavy atom. The van der Waals surface area contributed by atoms with Gasteiger partial charge < -0.3 is 10.1 Å². The Kier molecular flexibility index (Phi) is 2.73. The summed E-state index contributed by atoms with van der Waals surface area (Å²) in [4.78, 5) is 4.13. The van der Waals surface area contributed by atoms with Gasteiger partial charge in [-0.05, 0) is 28.1 Å². The molecule has 1 unspecified atom stereocenters. The van der Waals surface area contributed by atoms with Crippen molar-refractivity contribution in [1.29, 1.82) is 0 Å². The van der Waals surface area contributed by atoms with Crippen molar-refractivity contribution in [3.8, 4) is 5.75 Å².